The first-order chi connectivity index (χ1) is 8.15. The Balaban J connectivity index is 1.97. The Bertz CT molecular complexity index is 486. The van der Waals surface area contributed by atoms with Gasteiger partial charge in [-0.3, -0.25) is 4.79 Å². The fraction of sp³-hybridized carbons (Fsp3) is 0.333. The van der Waals surface area contributed by atoms with Crippen molar-refractivity contribution in [2.75, 3.05) is 6.61 Å². The summed E-state index contributed by atoms with van der Waals surface area (Å²) < 4.78 is 10.5. The van der Waals surface area contributed by atoms with E-state index in [9.17, 15) is 4.79 Å². The summed E-state index contributed by atoms with van der Waals surface area (Å²) >= 11 is 0. The van der Waals surface area contributed by atoms with E-state index in [2.05, 4.69) is 10.3 Å². The minimum atomic E-state index is -0.192. The Labute approximate surface area is 98.8 Å². The molecule has 1 heterocycles. The molecule has 0 radical (unpaired) electrons. The number of carbonyl (C=O) groups is 1. The highest BCUT2D eigenvalue weighted by molar-refractivity contribution is 5.77. The third-order valence-corrected chi connectivity index (χ3v) is 2.05. The van der Waals surface area contributed by atoms with E-state index in [1.165, 1.54) is 0 Å². The highest BCUT2D eigenvalue weighted by atomic mass is 16.6. The minimum absolute atomic E-state index is 0.0923. The van der Waals surface area contributed by atoms with Gasteiger partial charge in [0.05, 0.1) is 0 Å². The van der Waals surface area contributed by atoms with Gasteiger partial charge in [0.25, 0.3) is 5.91 Å². The molecule has 1 N–H and O–H groups in total. The number of ether oxygens (including phenoxy) is 1. The van der Waals surface area contributed by atoms with Gasteiger partial charge in [-0.1, -0.05) is 12.1 Å². The zero-order valence-electron chi connectivity index (χ0n) is 9.77. The number of oxazole rings is 1. The van der Waals surface area contributed by atoms with Crippen molar-refractivity contribution >= 4 is 17.0 Å². The second-order valence-electron chi connectivity index (χ2n) is 3.96. The largest absolute Gasteiger partial charge is 0.440 e. The van der Waals surface area contributed by atoms with Crippen molar-refractivity contribution < 1.29 is 13.9 Å². The molecule has 0 bridgehead atoms. The highest BCUT2D eigenvalue weighted by Crippen LogP contribution is 2.19. The number of fused-ring (bicyclic) bond motifs is 1. The monoisotopic (exact) mass is 234 g/mol. The predicted octanol–water partition coefficient (Wildman–Crippen LogP) is 1.73. The van der Waals surface area contributed by atoms with Crippen molar-refractivity contribution in [1.82, 2.24) is 10.3 Å². The first-order valence-corrected chi connectivity index (χ1v) is 5.43. The fourth-order valence-corrected chi connectivity index (χ4v) is 1.40. The molecule has 1 amide bonds. The van der Waals surface area contributed by atoms with E-state index in [1.54, 1.807) is 6.07 Å². The van der Waals surface area contributed by atoms with Gasteiger partial charge < -0.3 is 14.5 Å². The Morgan fingerprint density at radius 3 is 2.94 bits per heavy atom. The zero-order valence-corrected chi connectivity index (χ0v) is 9.77. The van der Waals surface area contributed by atoms with Crippen molar-refractivity contribution in [2.24, 2.45) is 0 Å². The SMILES string of the molecule is CC(C)NC(=O)COc1nc2ccccc2o1. The lowest BCUT2D eigenvalue weighted by Gasteiger charge is -2.07. The molecule has 1 aromatic carbocycles. The van der Waals surface area contributed by atoms with Crippen molar-refractivity contribution in [2.45, 2.75) is 19.9 Å². The molecule has 0 fully saturated rings. The van der Waals surface area contributed by atoms with E-state index < -0.39 is 0 Å². The zero-order chi connectivity index (χ0) is 12.3. The van der Waals surface area contributed by atoms with E-state index in [4.69, 9.17) is 9.15 Å². The summed E-state index contributed by atoms with van der Waals surface area (Å²) in [7, 11) is 0. The molecule has 1 aromatic heterocycles. The predicted molar refractivity (Wildman–Crippen MR) is 62.8 cm³/mol. The van der Waals surface area contributed by atoms with Crippen LogP contribution in [-0.4, -0.2) is 23.5 Å². The smallest absolute Gasteiger partial charge is 0.395 e. The molecule has 0 aliphatic rings. The van der Waals surface area contributed by atoms with E-state index >= 15 is 0 Å². The lowest BCUT2D eigenvalue weighted by molar-refractivity contribution is -0.124. The average molecular weight is 234 g/mol. The molecule has 5 heteroatoms. The maximum Gasteiger partial charge on any atom is 0.395 e. The van der Waals surface area contributed by atoms with Crippen LogP contribution in [0, 0.1) is 0 Å². The standard InChI is InChI=1S/C12H14N2O3/c1-8(2)13-11(15)7-16-12-14-9-5-3-4-6-10(9)17-12/h3-6,8H,7H2,1-2H3,(H,13,15). The first kappa shape index (κ1) is 11.4. The van der Waals surface area contributed by atoms with Gasteiger partial charge in [-0.25, -0.2) is 0 Å². The van der Waals surface area contributed by atoms with Crippen LogP contribution in [0.5, 0.6) is 6.08 Å². The first-order valence-electron chi connectivity index (χ1n) is 5.43. The number of carbonyl (C=O) groups excluding carboxylic acids is 1. The van der Waals surface area contributed by atoms with Crippen LogP contribution >= 0.6 is 0 Å². The van der Waals surface area contributed by atoms with Crippen molar-refractivity contribution in [3.05, 3.63) is 24.3 Å². The van der Waals surface area contributed by atoms with Crippen LogP contribution in [0.3, 0.4) is 0 Å². The number of para-hydroxylation sites is 2. The molecule has 2 aromatic rings. The molecule has 0 unspecified atom stereocenters. The van der Waals surface area contributed by atoms with Gasteiger partial charge in [0.2, 0.25) is 0 Å². The van der Waals surface area contributed by atoms with Crippen LogP contribution < -0.4 is 10.1 Å². The van der Waals surface area contributed by atoms with Crippen molar-refractivity contribution in [3.8, 4) is 6.08 Å². The minimum Gasteiger partial charge on any atom is -0.440 e. The van der Waals surface area contributed by atoms with Crippen LogP contribution in [0.15, 0.2) is 28.7 Å². The molecule has 0 aliphatic carbocycles. The summed E-state index contributed by atoms with van der Waals surface area (Å²) in [6.07, 6.45) is 0.116. The molecule has 5 nitrogen and oxygen atoms in total. The molecule has 0 atom stereocenters. The molecule has 0 saturated heterocycles. The van der Waals surface area contributed by atoms with Crippen LogP contribution in [0.4, 0.5) is 0 Å². The van der Waals surface area contributed by atoms with Gasteiger partial charge in [-0.05, 0) is 26.0 Å². The summed E-state index contributed by atoms with van der Waals surface area (Å²) in [5.41, 5.74) is 1.36. The Kier molecular flexibility index (Phi) is 3.27. The van der Waals surface area contributed by atoms with Crippen LogP contribution in [0.2, 0.25) is 0 Å². The molecule has 0 saturated carbocycles. The lowest BCUT2D eigenvalue weighted by Crippen LogP contribution is -2.34. The van der Waals surface area contributed by atoms with Gasteiger partial charge >= 0.3 is 6.08 Å². The second kappa shape index (κ2) is 4.86. The summed E-state index contributed by atoms with van der Waals surface area (Å²) in [6, 6.07) is 7.42. The molecular formula is C12H14N2O3. The highest BCUT2D eigenvalue weighted by Gasteiger charge is 2.09. The van der Waals surface area contributed by atoms with E-state index in [1.807, 2.05) is 32.0 Å². The number of benzene rings is 1. The number of nitrogens with zero attached hydrogens (tertiary/aromatic N) is 1. The number of hydrogen-bond acceptors (Lipinski definition) is 4. The maximum absolute atomic E-state index is 11.3. The average Bonchev–Trinajstić information content (AvgIpc) is 2.68. The molecule has 17 heavy (non-hydrogen) atoms. The summed E-state index contributed by atoms with van der Waals surface area (Å²) in [6.45, 7) is 3.68. The van der Waals surface area contributed by atoms with Gasteiger partial charge in [0, 0.05) is 6.04 Å². The van der Waals surface area contributed by atoms with Gasteiger partial charge in [0.15, 0.2) is 12.2 Å². The number of hydrogen-bond donors (Lipinski definition) is 1. The van der Waals surface area contributed by atoms with E-state index in [-0.39, 0.29) is 24.6 Å². The number of nitrogens with one attached hydrogen (secondary N) is 1. The summed E-state index contributed by atoms with van der Waals surface area (Å²) in [5.74, 6) is -0.192. The fourth-order valence-electron chi connectivity index (χ4n) is 1.40. The molecular weight excluding hydrogens is 220 g/mol. The normalized spacial score (nSPS) is 10.8. The quantitative estimate of drug-likeness (QED) is 0.875. The van der Waals surface area contributed by atoms with Crippen molar-refractivity contribution in [1.29, 1.82) is 0 Å². The lowest BCUT2D eigenvalue weighted by atomic mass is 10.3. The molecule has 0 spiro atoms. The Hall–Kier alpha value is -2.04. The second-order valence-corrected chi connectivity index (χ2v) is 3.96. The van der Waals surface area contributed by atoms with E-state index in [0.717, 1.165) is 0 Å². The molecule has 2 rings (SSSR count). The summed E-state index contributed by atoms with van der Waals surface area (Å²) in [4.78, 5) is 15.4. The third kappa shape index (κ3) is 2.96. The van der Waals surface area contributed by atoms with Gasteiger partial charge in [0.1, 0.15) is 5.52 Å². The maximum atomic E-state index is 11.3. The van der Waals surface area contributed by atoms with E-state index in [0.29, 0.717) is 11.1 Å². The van der Waals surface area contributed by atoms with Crippen LogP contribution in [0.1, 0.15) is 13.8 Å². The third-order valence-electron chi connectivity index (χ3n) is 2.05. The van der Waals surface area contributed by atoms with Crippen LogP contribution in [-0.2, 0) is 4.79 Å². The topological polar surface area (TPSA) is 64.4 Å². The Morgan fingerprint density at radius 2 is 2.24 bits per heavy atom. The number of amides is 1. The number of aromatic nitrogens is 1. The van der Waals surface area contributed by atoms with Crippen LogP contribution in [0.25, 0.3) is 11.1 Å². The summed E-state index contributed by atoms with van der Waals surface area (Å²) in [5, 5.41) is 2.71. The molecule has 90 valence electrons. The Morgan fingerprint density at radius 1 is 1.47 bits per heavy atom. The van der Waals surface area contributed by atoms with Gasteiger partial charge in [-0.15, -0.1) is 0 Å². The van der Waals surface area contributed by atoms with Crippen molar-refractivity contribution in [3.63, 3.8) is 0 Å². The molecule has 0 aliphatic heterocycles. The number of rotatable bonds is 4. The van der Waals surface area contributed by atoms with Gasteiger partial charge in [-0.2, -0.15) is 4.98 Å².